The number of rotatable bonds is 9. The van der Waals surface area contributed by atoms with Gasteiger partial charge in [0.1, 0.15) is 0 Å². The largest absolute Gasteiger partial charge is 0.355 e. The second-order valence-electron chi connectivity index (χ2n) is 8.30. The lowest BCUT2D eigenvalue weighted by Crippen LogP contribution is -2.41. The first-order valence-electron chi connectivity index (χ1n) is 9.70. The monoisotopic (exact) mass is 415 g/mol. The second-order valence-corrected chi connectivity index (χ2v) is 8.71. The Balaban J connectivity index is 2.08. The molecule has 2 aromatic rings. The minimum Gasteiger partial charge on any atom is -0.355 e. The number of carbonyl (C=O) groups excluding carboxylic acids is 2. The quantitative estimate of drug-likeness (QED) is 0.652. The zero-order valence-corrected chi connectivity index (χ0v) is 18.3. The van der Waals surface area contributed by atoms with E-state index in [4.69, 9.17) is 11.6 Å². The van der Waals surface area contributed by atoms with Crippen molar-refractivity contribution in [3.8, 4) is 0 Å². The summed E-state index contributed by atoms with van der Waals surface area (Å²) in [7, 11) is 4.03. The lowest BCUT2D eigenvalue weighted by atomic mass is 9.92. The summed E-state index contributed by atoms with van der Waals surface area (Å²) in [6.07, 6.45) is 0.151. The van der Waals surface area contributed by atoms with Crippen LogP contribution in [0.5, 0.6) is 0 Å². The van der Waals surface area contributed by atoms with Crippen molar-refractivity contribution in [1.29, 1.82) is 0 Å². The van der Waals surface area contributed by atoms with Gasteiger partial charge in [0.25, 0.3) is 5.91 Å². The molecule has 0 fully saturated rings. The summed E-state index contributed by atoms with van der Waals surface area (Å²) in [4.78, 5) is 27.5. The fourth-order valence-electron chi connectivity index (χ4n) is 3.33. The van der Waals surface area contributed by atoms with Gasteiger partial charge in [0.15, 0.2) is 0 Å². The Morgan fingerprint density at radius 2 is 1.66 bits per heavy atom. The zero-order valence-electron chi connectivity index (χ0n) is 17.5. The molecule has 0 aliphatic heterocycles. The molecule has 2 rings (SSSR count). The Hall–Kier alpha value is -2.37. The highest BCUT2D eigenvalue weighted by atomic mass is 35.5. The van der Waals surface area contributed by atoms with Gasteiger partial charge in [0.2, 0.25) is 5.91 Å². The topological polar surface area (TPSA) is 61.4 Å². The van der Waals surface area contributed by atoms with E-state index in [1.165, 1.54) is 0 Å². The van der Waals surface area contributed by atoms with Crippen LogP contribution in [-0.4, -0.2) is 43.9 Å². The highest BCUT2D eigenvalue weighted by molar-refractivity contribution is 6.33. The number of carbonyl (C=O) groups is 2. The van der Waals surface area contributed by atoms with Crippen molar-refractivity contribution in [2.75, 3.05) is 27.2 Å². The molecule has 0 aliphatic rings. The van der Waals surface area contributed by atoms with Crippen LogP contribution in [0.25, 0.3) is 0 Å². The number of amides is 2. The van der Waals surface area contributed by atoms with Crippen LogP contribution >= 0.6 is 11.6 Å². The molecule has 0 spiro atoms. The lowest BCUT2D eigenvalue weighted by molar-refractivity contribution is -0.122. The van der Waals surface area contributed by atoms with E-state index in [9.17, 15) is 9.59 Å². The van der Waals surface area contributed by atoms with Crippen molar-refractivity contribution in [1.82, 2.24) is 15.5 Å². The smallest absolute Gasteiger partial charge is 0.253 e. The van der Waals surface area contributed by atoms with Gasteiger partial charge in [0.05, 0.1) is 23.0 Å². The molecule has 0 heterocycles. The van der Waals surface area contributed by atoms with Gasteiger partial charge in [0, 0.05) is 13.1 Å². The number of hydrogen-bond donors (Lipinski definition) is 2. The third-order valence-corrected chi connectivity index (χ3v) is 4.85. The summed E-state index contributed by atoms with van der Waals surface area (Å²) in [5.41, 5.74) is 1.21. The van der Waals surface area contributed by atoms with E-state index < -0.39 is 6.04 Å². The normalized spacial score (nSPS) is 12.5. The summed E-state index contributed by atoms with van der Waals surface area (Å²) in [6, 6.07) is 15.9. The first-order chi connectivity index (χ1) is 13.7. The number of nitrogens with zero attached hydrogens (tertiary/aromatic N) is 1. The number of nitrogens with one attached hydrogen (secondary N) is 2. The van der Waals surface area contributed by atoms with Crippen molar-refractivity contribution in [2.24, 2.45) is 5.41 Å². The van der Waals surface area contributed by atoms with E-state index in [-0.39, 0.29) is 23.7 Å². The molecule has 2 amide bonds. The molecule has 0 bridgehead atoms. The molecular weight excluding hydrogens is 386 g/mol. The molecule has 2 aromatic carbocycles. The molecule has 156 valence electrons. The summed E-state index contributed by atoms with van der Waals surface area (Å²) in [6.45, 7) is 5.64. The van der Waals surface area contributed by atoms with E-state index in [2.05, 4.69) is 29.4 Å². The molecule has 0 saturated carbocycles. The Bertz CT molecular complexity index is 822. The van der Waals surface area contributed by atoms with Gasteiger partial charge in [-0.1, -0.05) is 67.9 Å². The summed E-state index contributed by atoms with van der Waals surface area (Å²) in [5, 5.41) is 6.35. The van der Waals surface area contributed by atoms with E-state index in [0.29, 0.717) is 17.1 Å². The predicted molar refractivity (Wildman–Crippen MR) is 118 cm³/mol. The van der Waals surface area contributed by atoms with Crippen molar-refractivity contribution in [3.05, 3.63) is 70.7 Å². The Morgan fingerprint density at radius 1 is 1.03 bits per heavy atom. The molecule has 1 atom stereocenters. The van der Waals surface area contributed by atoms with E-state index in [1.807, 2.05) is 44.4 Å². The summed E-state index contributed by atoms with van der Waals surface area (Å²) in [5.74, 6) is -0.407. The minimum atomic E-state index is -0.447. The van der Waals surface area contributed by atoms with Gasteiger partial charge in [-0.05, 0) is 37.2 Å². The van der Waals surface area contributed by atoms with Crippen LogP contribution in [0.3, 0.4) is 0 Å². The van der Waals surface area contributed by atoms with E-state index >= 15 is 0 Å². The van der Waals surface area contributed by atoms with Crippen LogP contribution in [0, 0.1) is 5.41 Å². The maximum absolute atomic E-state index is 12.7. The molecule has 2 N–H and O–H groups in total. The first kappa shape index (κ1) is 22.9. The van der Waals surface area contributed by atoms with E-state index in [1.54, 1.807) is 24.3 Å². The van der Waals surface area contributed by atoms with Crippen LogP contribution in [0.4, 0.5) is 0 Å². The van der Waals surface area contributed by atoms with Gasteiger partial charge >= 0.3 is 0 Å². The standard InChI is InChI=1S/C23H30ClN3O2/c1-23(2,16-27(3)4)15-25-21(28)14-20(17-10-6-5-7-11-17)26-22(29)18-12-8-9-13-19(18)24/h5-13,20H,14-16H2,1-4H3,(H,25,28)(H,26,29). The highest BCUT2D eigenvalue weighted by Gasteiger charge is 2.23. The van der Waals surface area contributed by atoms with E-state index in [0.717, 1.165) is 12.1 Å². The Morgan fingerprint density at radius 3 is 2.28 bits per heavy atom. The van der Waals surface area contributed by atoms with Gasteiger partial charge in [-0.25, -0.2) is 0 Å². The van der Waals surface area contributed by atoms with Gasteiger partial charge in [-0.15, -0.1) is 0 Å². The number of benzene rings is 2. The zero-order chi connectivity index (χ0) is 21.4. The van der Waals surface area contributed by atoms with Crippen molar-refractivity contribution in [2.45, 2.75) is 26.3 Å². The molecule has 5 nitrogen and oxygen atoms in total. The maximum Gasteiger partial charge on any atom is 0.253 e. The van der Waals surface area contributed by atoms with Crippen LogP contribution in [0.1, 0.15) is 42.2 Å². The fourth-order valence-corrected chi connectivity index (χ4v) is 3.55. The number of hydrogen-bond acceptors (Lipinski definition) is 3. The summed E-state index contributed by atoms with van der Waals surface area (Å²) < 4.78 is 0. The van der Waals surface area contributed by atoms with Crippen LogP contribution in [0.2, 0.25) is 5.02 Å². The molecular formula is C23H30ClN3O2. The molecule has 0 radical (unpaired) electrons. The predicted octanol–water partition coefficient (Wildman–Crippen LogP) is 3.91. The minimum absolute atomic E-state index is 0.0534. The fraction of sp³-hybridized carbons (Fsp3) is 0.391. The van der Waals surface area contributed by atoms with Gasteiger partial charge < -0.3 is 15.5 Å². The molecule has 1 unspecified atom stereocenters. The lowest BCUT2D eigenvalue weighted by Gasteiger charge is -2.29. The third kappa shape index (κ3) is 7.52. The summed E-state index contributed by atoms with van der Waals surface area (Å²) >= 11 is 6.15. The molecule has 0 aromatic heterocycles. The molecule has 6 heteroatoms. The van der Waals surface area contributed by atoms with Gasteiger partial charge in [-0.2, -0.15) is 0 Å². The van der Waals surface area contributed by atoms with Crippen LogP contribution < -0.4 is 10.6 Å². The van der Waals surface area contributed by atoms with Gasteiger partial charge in [-0.3, -0.25) is 9.59 Å². The maximum atomic E-state index is 12.7. The van der Waals surface area contributed by atoms with Crippen LogP contribution in [-0.2, 0) is 4.79 Å². The first-order valence-corrected chi connectivity index (χ1v) is 10.1. The third-order valence-electron chi connectivity index (χ3n) is 4.52. The highest BCUT2D eigenvalue weighted by Crippen LogP contribution is 2.21. The average Bonchev–Trinajstić information content (AvgIpc) is 2.66. The van der Waals surface area contributed by atoms with Crippen molar-refractivity contribution in [3.63, 3.8) is 0 Å². The second kappa shape index (κ2) is 10.4. The SMILES string of the molecule is CN(C)CC(C)(C)CNC(=O)CC(NC(=O)c1ccccc1Cl)c1ccccc1. The molecule has 0 aliphatic carbocycles. The van der Waals surface area contributed by atoms with Crippen molar-refractivity contribution < 1.29 is 9.59 Å². The molecule has 0 saturated heterocycles. The Labute approximate surface area is 178 Å². The van der Waals surface area contributed by atoms with Crippen LogP contribution in [0.15, 0.2) is 54.6 Å². The molecule has 29 heavy (non-hydrogen) atoms. The average molecular weight is 416 g/mol. The number of halogens is 1. The van der Waals surface area contributed by atoms with Crippen molar-refractivity contribution >= 4 is 23.4 Å². The Kier molecular flexibility index (Phi) is 8.23.